The molecule has 1 aliphatic heterocycles. The van der Waals surface area contributed by atoms with Gasteiger partial charge in [-0.25, -0.2) is 0 Å². The van der Waals surface area contributed by atoms with E-state index in [0.717, 1.165) is 17.1 Å². The molecule has 3 N–H and O–H groups in total. The van der Waals surface area contributed by atoms with Gasteiger partial charge in [0.15, 0.2) is 11.5 Å². The molecule has 1 unspecified atom stereocenters. The molecule has 4 nitrogen and oxygen atoms in total. The quantitative estimate of drug-likeness (QED) is 0.821. The third-order valence-electron chi connectivity index (χ3n) is 3.35. The summed E-state index contributed by atoms with van der Waals surface area (Å²) in [6, 6.07) is 5.88. The van der Waals surface area contributed by atoms with Crippen molar-refractivity contribution in [3.05, 3.63) is 23.8 Å². The number of aliphatic hydroxyl groups excluding tert-OH is 1. The van der Waals surface area contributed by atoms with E-state index in [-0.39, 0.29) is 12.0 Å². The van der Waals surface area contributed by atoms with E-state index in [1.807, 2.05) is 18.2 Å². The summed E-state index contributed by atoms with van der Waals surface area (Å²) in [5, 5.41) is 9.12. The van der Waals surface area contributed by atoms with Crippen LogP contribution in [0.1, 0.15) is 18.9 Å². The summed E-state index contributed by atoms with van der Waals surface area (Å²) in [5.74, 6) is 1.55. The Balaban J connectivity index is 2.32. The van der Waals surface area contributed by atoms with Crippen LogP contribution in [0, 0.1) is 0 Å². The van der Waals surface area contributed by atoms with Crippen molar-refractivity contribution < 1.29 is 14.6 Å². The maximum atomic E-state index is 9.12. The van der Waals surface area contributed by atoms with Crippen LogP contribution in [0.4, 0.5) is 0 Å². The molecule has 0 spiro atoms. The monoisotopic (exact) mass is 237 g/mol. The van der Waals surface area contributed by atoms with E-state index in [0.29, 0.717) is 26.2 Å². The molecule has 1 aromatic rings. The van der Waals surface area contributed by atoms with E-state index in [4.69, 9.17) is 20.3 Å². The number of rotatable bonds is 4. The highest BCUT2D eigenvalue weighted by molar-refractivity contribution is 5.46. The van der Waals surface area contributed by atoms with Gasteiger partial charge in [0, 0.05) is 18.6 Å². The lowest BCUT2D eigenvalue weighted by molar-refractivity contribution is 0.171. The zero-order chi connectivity index (χ0) is 12.3. The minimum Gasteiger partial charge on any atom is -0.486 e. The zero-order valence-corrected chi connectivity index (χ0v) is 10.1. The molecule has 0 saturated heterocycles. The Morgan fingerprint density at radius 3 is 2.65 bits per heavy atom. The molecular formula is C13H19NO3. The third kappa shape index (κ3) is 2.37. The minimum absolute atomic E-state index is 0.127. The van der Waals surface area contributed by atoms with E-state index in [1.54, 1.807) is 0 Å². The van der Waals surface area contributed by atoms with Crippen LogP contribution >= 0.6 is 0 Å². The van der Waals surface area contributed by atoms with Crippen LogP contribution in [0.5, 0.6) is 11.5 Å². The first-order chi connectivity index (χ1) is 8.19. The highest BCUT2D eigenvalue weighted by Crippen LogP contribution is 2.36. The predicted octanol–water partition coefficient (Wildman–Crippen LogP) is 1.06. The number of aliphatic hydroxyl groups is 1. The van der Waals surface area contributed by atoms with E-state index in [9.17, 15) is 0 Å². The number of hydrogen-bond donors (Lipinski definition) is 2. The Hall–Kier alpha value is -1.26. The van der Waals surface area contributed by atoms with Crippen LogP contribution in [0.2, 0.25) is 0 Å². The fourth-order valence-electron chi connectivity index (χ4n) is 2.03. The molecule has 0 fully saturated rings. The molecule has 1 heterocycles. The fraction of sp³-hybridized carbons (Fsp3) is 0.538. The van der Waals surface area contributed by atoms with Crippen molar-refractivity contribution in [2.24, 2.45) is 5.73 Å². The molecule has 0 aromatic heterocycles. The Kier molecular flexibility index (Phi) is 3.54. The molecule has 94 valence electrons. The lowest BCUT2D eigenvalue weighted by Gasteiger charge is -2.29. The first-order valence-corrected chi connectivity index (χ1v) is 5.91. The van der Waals surface area contributed by atoms with Gasteiger partial charge < -0.3 is 20.3 Å². The molecule has 0 saturated carbocycles. The van der Waals surface area contributed by atoms with Crippen molar-refractivity contribution in [1.82, 2.24) is 0 Å². The number of nitrogens with two attached hydrogens (primary N) is 1. The Labute approximate surface area is 101 Å². The average Bonchev–Trinajstić information content (AvgIpc) is 2.38. The maximum absolute atomic E-state index is 9.12. The van der Waals surface area contributed by atoms with Gasteiger partial charge in [-0.1, -0.05) is 13.0 Å². The second kappa shape index (κ2) is 4.94. The van der Waals surface area contributed by atoms with Crippen molar-refractivity contribution in [3.63, 3.8) is 0 Å². The van der Waals surface area contributed by atoms with Gasteiger partial charge in [0.25, 0.3) is 0 Å². The number of hydrogen-bond acceptors (Lipinski definition) is 4. The standard InChI is InChI=1S/C13H19NO3/c1-13(9-14,4-5-15)10-2-3-11-12(8-10)17-7-6-16-11/h2-3,8,15H,4-7,9,14H2,1H3. The fourth-order valence-corrected chi connectivity index (χ4v) is 2.03. The summed E-state index contributed by atoms with van der Waals surface area (Å²) < 4.78 is 11.0. The summed E-state index contributed by atoms with van der Waals surface area (Å²) in [7, 11) is 0. The summed E-state index contributed by atoms with van der Waals surface area (Å²) in [5.41, 5.74) is 6.68. The normalized spacial score (nSPS) is 17.6. The maximum Gasteiger partial charge on any atom is 0.161 e. The average molecular weight is 237 g/mol. The van der Waals surface area contributed by atoms with Gasteiger partial charge in [-0.15, -0.1) is 0 Å². The van der Waals surface area contributed by atoms with Crippen LogP contribution < -0.4 is 15.2 Å². The van der Waals surface area contributed by atoms with Gasteiger partial charge in [-0.3, -0.25) is 0 Å². The number of benzene rings is 1. The van der Waals surface area contributed by atoms with Crippen molar-refractivity contribution in [3.8, 4) is 11.5 Å². The minimum atomic E-state index is -0.218. The SMILES string of the molecule is CC(CN)(CCO)c1ccc2c(c1)OCCO2. The molecule has 1 aliphatic rings. The predicted molar refractivity (Wildman–Crippen MR) is 65.5 cm³/mol. The molecule has 0 radical (unpaired) electrons. The van der Waals surface area contributed by atoms with Crippen LogP contribution in [0.15, 0.2) is 18.2 Å². The van der Waals surface area contributed by atoms with Crippen LogP contribution in [-0.4, -0.2) is 31.5 Å². The molecule has 0 amide bonds. The molecule has 0 aliphatic carbocycles. The summed E-state index contributed by atoms with van der Waals surface area (Å²) >= 11 is 0. The number of fused-ring (bicyclic) bond motifs is 1. The van der Waals surface area contributed by atoms with Gasteiger partial charge in [-0.05, 0) is 24.1 Å². The van der Waals surface area contributed by atoms with Gasteiger partial charge in [-0.2, -0.15) is 0 Å². The largest absolute Gasteiger partial charge is 0.486 e. The highest BCUT2D eigenvalue weighted by Gasteiger charge is 2.26. The van der Waals surface area contributed by atoms with Crippen molar-refractivity contribution in [2.75, 3.05) is 26.4 Å². The number of ether oxygens (including phenoxy) is 2. The van der Waals surface area contributed by atoms with E-state index in [2.05, 4.69) is 6.92 Å². The van der Waals surface area contributed by atoms with Crippen molar-refractivity contribution >= 4 is 0 Å². The summed E-state index contributed by atoms with van der Waals surface area (Å²) in [4.78, 5) is 0. The third-order valence-corrected chi connectivity index (χ3v) is 3.35. The van der Waals surface area contributed by atoms with Gasteiger partial charge >= 0.3 is 0 Å². The summed E-state index contributed by atoms with van der Waals surface area (Å²) in [6.45, 7) is 3.84. The zero-order valence-electron chi connectivity index (χ0n) is 10.1. The molecular weight excluding hydrogens is 218 g/mol. The lowest BCUT2D eigenvalue weighted by Crippen LogP contribution is -2.33. The molecule has 1 aromatic carbocycles. The lowest BCUT2D eigenvalue weighted by atomic mass is 9.79. The van der Waals surface area contributed by atoms with E-state index >= 15 is 0 Å². The second-order valence-corrected chi connectivity index (χ2v) is 4.60. The van der Waals surface area contributed by atoms with Gasteiger partial charge in [0.1, 0.15) is 13.2 Å². The smallest absolute Gasteiger partial charge is 0.161 e. The molecule has 0 bridgehead atoms. The van der Waals surface area contributed by atoms with E-state index < -0.39 is 0 Å². The first-order valence-electron chi connectivity index (χ1n) is 5.91. The van der Waals surface area contributed by atoms with Crippen molar-refractivity contribution in [1.29, 1.82) is 0 Å². The van der Waals surface area contributed by atoms with E-state index in [1.165, 1.54) is 0 Å². The van der Waals surface area contributed by atoms with Crippen LogP contribution in [0.3, 0.4) is 0 Å². The van der Waals surface area contributed by atoms with Crippen LogP contribution in [-0.2, 0) is 5.41 Å². The van der Waals surface area contributed by atoms with Gasteiger partial charge in [0.05, 0.1) is 0 Å². The molecule has 1 atom stereocenters. The molecule has 17 heavy (non-hydrogen) atoms. The van der Waals surface area contributed by atoms with Gasteiger partial charge in [0.2, 0.25) is 0 Å². The Morgan fingerprint density at radius 2 is 2.00 bits per heavy atom. The molecule has 4 heteroatoms. The molecule has 2 rings (SSSR count). The second-order valence-electron chi connectivity index (χ2n) is 4.60. The topological polar surface area (TPSA) is 64.7 Å². The van der Waals surface area contributed by atoms with Crippen molar-refractivity contribution in [2.45, 2.75) is 18.8 Å². The summed E-state index contributed by atoms with van der Waals surface area (Å²) in [6.07, 6.45) is 0.642. The Bertz CT molecular complexity index is 394. The van der Waals surface area contributed by atoms with Crippen LogP contribution in [0.25, 0.3) is 0 Å². The highest BCUT2D eigenvalue weighted by atomic mass is 16.6. The Morgan fingerprint density at radius 1 is 1.29 bits per heavy atom. The first kappa shape index (κ1) is 12.2.